The highest BCUT2D eigenvalue weighted by Crippen LogP contribution is 2.37. The van der Waals surface area contributed by atoms with Crippen molar-refractivity contribution in [2.45, 2.75) is 18.9 Å². The Balaban J connectivity index is 1.92. The van der Waals surface area contributed by atoms with E-state index in [4.69, 9.17) is 15.2 Å². The SMILES string of the molecule is COc1ccc(C2C(N)=NC(=O)N2CC2CC2)cc1OC. The number of methoxy groups -OCH3 is 2. The maximum absolute atomic E-state index is 12.0. The summed E-state index contributed by atoms with van der Waals surface area (Å²) in [5.41, 5.74) is 6.85. The third kappa shape index (κ3) is 2.53. The zero-order chi connectivity index (χ0) is 15.0. The van der Waals surface area contributed by atoms with E-state index in [0.29, 0.717) is 29.8 Å². The molecule has 0 aromatic heterocycles. The van der Waals surface area contributed by atoms with Crippen molar-refractivity contribution in [3.05, 3.63) is 23.8 Å². The van der Waals surface area contributed by atoms with Gasteiger partial charge in [0.15, 0.2) is 11.5 Å². The van der Waals surface area contributed by atoms with Gasteiger partial charge in [0.25, 0.3) is 0 Å². The van der Waals surface area contributed by atoms with Gasteiger partial charge in [-0.3, -0.25) is 0 Å². The monoisotopic (exact) mass is 289 g/mol. The van der Waals surface area contributed by atoms with E-state index in [0.717, 1.165) is 5.56 Å². The Labute approximate surface area is 123 Å². The predicted molar refractivity (Wildman–Crippen MR) is 78.7 cm³/mol. The van der Waals surface area contributed by atoms with Crippen molar-refractivity contribution in [2.75, 3.05) is 20.8 Å². The molecule has 1 aromatic carbocycles. The van der Waals surface area contributed by atoms with Gasteiger partial charge in [-0.25, -0.2) is 4.79 Å². The third-order valence-electron chi connectivity index (χ3n) is 3.94. The summed E-state index contributed by atoms with van der Waals surface area (Å²) >= 11 is 0. The summed E-state index contributed by atoms with van der Waals surface area (Å²) in [7, 11) is 3.17. The van der Waals surface area contributed by atoms with Crippen molar-refractivity contribution >= 4 is 11.9 Å². The fourth-order valence-corrected chi connectivity index (χ4v) is 2.64. The minimum atomic E-state index is -0.307. The van der Waals surface area contributed by atoms with Crippen LogP contribution in [0.3, 0.4) is 0 Å². The summed E-state index contributed by atoms with van der Waals surface area (Å²) in [6.45, 7) is 0.710. The molecule has 2 amide bonds. The van der Waals surface area contributed by atoms with Gasteiger partial charge in [-0.05, 0) is 36.5 Å². The van der Waals surface area contributed by atoms with Crippen LogP contribution in [0, 0.1) is 5.92 Å². The molecule has 1 aliphatic carbocycles. The average Bonchev–Trinajstić information content (AvgIpc) is 3.25. The smallest absolute Gasteiger partial charge is 0.346 e. The fraction of sp³-hybridized carbons (Fsp3) is 0.467. The van der Waals surface area contributed by atoms with Crippen LogP contribution in [0.25, 0.3) is 0 Å². The quantitative estimate of drug-likeness (QED) is 0.898. The van der Waals surface area contributed by atoms with E-state index in [1.165, 1.54) is 12.8 Å². The number of hydrogen-bond acceptors (Lipinski definition) is 4. The van der Waals surface area contributed by atoms with Crippen LogP contribution in [0.5, 0.6) is 11.5 Å². The van der Waals surface area contributed by atoms with Crippen molar-refractivity contribution in [1.29, 1.82) is 0 Å². The molecule has 2 N–H and O–H groups in total. The van der Waals surface area contributed by atoms with Crippen molar-refractivity contribution < 1.29 is 14.3 Å². The van der Waals surface area contributed by atoms with Gasteiger partial charge in [0.2, 0.25) is 0 Å². The second-order valence-corrected chi connectivity index (χ2v) is 5.43. The standard InChI is InChI=1S/C15H19N3O3/c1-20-11-6-5-10(7-12(11)21-2)13-14(16)17-15(19)18(13)8-9-3-4-9/h5-7,9,13H,3-4,8H2,1-2H3,(H2,16,17,19). The molecule has 112 valence electrons. The van der Waals surface area contributed by atoms with E-state index in [2.05, 4.69) is 4.99 Å². The minimum Gasteiger partial charge on any atom is -0.493 e. The van der Waals surface area contributed by atoms with E-state index in [1.807, 2.05) is 18.2 Å². The highest BCUT2D eigenvalue weighted by Gasteiger charge is 2.38. The summed E-state index contributed by atoms with van der Waals surface area (Å²) in [6.07, 6.45) is 2.34. The number of rotatable bonds is 5. The molecule has 0 bridgehead atoms. The molecular formula is C15H19N3O3. The lowest BCUT2D eigenvalue weighted by atomic mass is 10.0. The Kier molecular flexibility index (Phi) is 3.45. The number of hydrogen-bond donors (Lipinski definition) is 1. The zero-order valence-electron chi connectivity index (χ0n) is 12.2. The van der Waals surface area contributed by atoms with E-state index >= 15 is 0 Å². The van der Waals surface area contributed by atoms with Gasteiger partial charge < -0.3 is 20.1 Å². The number of nitrogens with two attached hydrogens (primary N) is 1. The Morgan fingerprint density at radius 1 is 1.29 bits per heavy atom. The molecule has 1 fully saturated rings. The number of aliphatic imine (C=N–C) groups is 1. The number of ether oxygens (including phenoxy) is 2. The lowest BCUT2D eigenvalue weighted by Crippen LogP contribution is -2.34. The molecule has 1 aliphatic heterocycles. The molecular weight excluding hydrogens is 270 g/mol. The summed E-state index contributed by atoms with van der Waals surface area (Å²) in [6, 6.07) is 5.01. The van der Waals surface area contributed by atoms with Crippen LogP contribution in [0.4, 0.5) is 4.79 Å². The minimum absolute atomic E-state index is 0.251. The lowest BCUT2D eigenvalue weighted by Gasteiger charge is -2.25. The predicted octanol–water partition coefficient (Wildman–Crippen LogP) is 1.95. The first-order valence-electron chi connectivity index (χ1n) is 7.00. The molecule has 1 saturated carbocycles. The van der Waals surface area contributed by atoms with Crippen LogP contribution >= 0.6 is 0 Å². The van der Waals surface area contributed by atoms with Gasteiger partial charge in [0.05, 0.1) is 14.2 Å². The summed E-state index contributed by atoms with van der Waals surface area (Å²) in [4.78, 5) is 17.7. The molecule has 0 spiro atoms. The largest absolute Gasteiger partial charge is 0.493 e. The fourth-order valence-electron chi connectivity index (χ4n) is 2.64. The molecule has 1 aromatic rings. The topological polar surface area (TPSA) is 77.2 Å². The number of benzene rings is 1. The number of carbonyl (C=O) groups is 1. The Morgan fingerprint density at radius 2 is 2.00 bits per heavy atom. The lowest BCUT2D eigenvalue weighted by molar-refractivity contribution is 0.203. The van der Waals surface area contributed by atoms with Crippen LogP contribution in [-0.4, -0.2) is 37.5 Å². The summed E-state index contributed by atoms with van der Waals surface area (Å²) in [5.74, 6) is 2.19. The van der Waals surface area contributed by atoms with Crippen molar-refractivity contribution in [3.8, 4) is 11.5 Å². The van der Waals surface area contributed by atoms with Gasteiger partial charge in [0, 0.05) is 6.54 Å². The Bertz CT molecular complexity index is 596. The number of urea groups is 1. The van der Waals surface area contributed by atoms with Crippen LogP contribution in [0.1, 0.15) is 24.4 Å². The van der Waals surface area contributed by atoms with E-state index in [9.17, 15) is 4.79 Å². The maximum Gasteiger partial charge on any atom is 0.346 e. The molecule has 2 aliphatic rings. The summed E-state index contributed by atoms with van der Waals surface area (Å²) < 4.78 is 10.6. The van der Waals surface area contributed by atoms with Gasteiger partial charge in [-0.2, -0.15) is 4.99 Å². The first-order chi connectivity index (χ1) is 10.1. The molecule has 6 heteroatoms. The number of nitrogens with zero attached hydrogens (tertiary/aromatic N) is 2. The highest BCUT2D eigenvalue weighted by atomic mass is 16.5. The van der Waals surface area contributed by atoms with E-state index < -0.39 is 0 Å². The molecule has 6 nitrogen and oxygen atoms in total. The van der Waals surface area contributed by atoms with Gasteiger partial charge >= 0.3 is 6.03 Å². The average molecular weight is 289 g/mol. The van der Waals surface area contributed by atoms with Crippen molar-refractivity contribution in [1.82, 2.24) is 4.90 Å². The van der Waals surface area contributed by atoms with Crippen LogP contribution < -0.4 is 15.2 Å². The molecule has 0 radical (unpaired) electrons. The van der Waals surface area contributed by atoms with Crippen LogP contribution in [0.2, 0.25) is 0 Å². The number of amidine groups is 1. The van der Waals surface area contributed by atoms with Gasteiger partial charge in [0.1, 0.15) is 11.9 Å². The molecule has 1 atom stereocenters. The number of carbonyl (C=O) groups excluding carboxylic acids is 1. The van der Waals surface area contributed by atoms with Gasteiger partial charge in [-0.15, -0.1) is 0 Å². The van der Waals surface area contributed by atoms with Gasteiger partial charge in [-0.1, -0.05) is 6.07 Å². The molecule has 21 heavy (non-hydrogen) atoms. The van der Waals surface area contributed by atoms with E-state index in [-0.39, 0.29) is 12.1 Å². The van der Waals surface area contributed by atoms with Crippen molar-refractivity contribution in [3.63, 3.8) is 0 Å². The first kappa shape index (κ1) is 13.7. The Morgan fingerprint density at radius 3 is 2.62 bits per heavy atom. The molecule has 1 unspecified atom stereocenters. The van der Waals surface area contributed by atoms with Crippen LogP contribution in [-0.2, 0) is 0 Å². The molecule has 0 saturated heterocycles. The first-order valence-corrected chi connectivity index (χ1v) is 7.00. The third-order valence-corrected chi connectivity index (χ3v) is 3.94. The van der Waals surface area contributed by atoms with Crippen LogP contribution in [0.15, 0.2) is 23.2 Å². The van der Waals surface area contributed by atoms with Crippen molar-refractivity contribution in [2.24, 2.45) is 16.6 Å². The van der Waals surface area contributed by atoms with E-state index in [1.54, 1.807) is 19.1 Å². The molecule has 1 heterocycles. The normalized spacial score (nSPS) is 21.4. The number of amides is 2. The maximum atomic E-state index is 12.0. The molecule has 3 rings (SSSR count). The zero-order valence-corrected chi connectivity index (χ0v) is 12.2. The summed E-state index contributed by atoms with van der Waals surface area (Å²) in [5, 5.41) is 0. The highest BCUT2D eigenvalue weighted by molar-refractivity contribution is 6.03. The Hall–Kier alpha value is -2.24. The second-order valence-electron chi connectivity index (χ2n) is 5.43. The second kappa shape index (κ2) is 5.27.